The SMILES string of the molecule is CO[C@@H]1C[C@H](C(=O)Nc2ccc(-n3ccc4[nH]cnc4c3=O)cc2F)N(C(=O)Nc2ccc(Cl)cn2)C1. The number of amides is 3. The summed E-state index contributed by atoms with van der Waals surface area (Å²) < 4.78 is 21.6. The molecule has 1 aliphatic rings. The molecule has 0 bridgehead atoms. The lowest BCUT2D eigenvalue weighted by Gasteiger charge is -2.24. The van der Waals surface area contributed by atoms with Crippen LogP contribution in [0.25, 0.3) is 16.7 Å². The Morgan fingerprint density at radius 1 is 1.19 bits per heavy atom. The number of nitrogens with one attached hydrogen (secondary N) is 3. The van der Waals surface area contributed by atoms with Gasteiger partial charge in [-0.15, -0.1) is 0 Å². The number of rotatable bonds is 5. The summed E-state index contributed by atoms with van der Waals surface area (Å²) in [7, 11) is 1.49. The van der Waals surface area contributed by atoms with E-state index in [0.717, 1.165) is 6.07 Å². The fourth-order valence-corrected chi connectivity index (χ4v) is 4.29. The molecule has 1 saturated heterocycles. The zero-order valence-electron chi connectivity index (χ0n) is 19.4. The molecule has 0 radical (unpaired) electrons. The third kappa shape index (κ3) is 4.88. The number of likely N-dealkylation sites (tertiary alicyclic amines) is 1. The minimum Gasteiger partial charge on any atom is -0.380 e. The van der Waals surface area contributed by atoms with Crippen molar-refractivity contribution >= 4 is 46.1 Å². The average molecular weight is 526 g/mol. The number of hydrogen-bond acceptors (Lipinski definition) is 6. The number of anilines is 2. The van der Waals surface area contributed by atoms with Crippen LogP contribution in [0.5, 0.6) is 0 Å². The van der Waals surface area contributed by atoms with Crippen molar-refractivity contribution in [3.05, 3.63) is 76.3 Å². The van der Waals surface area contributed by atoms with Crippen molar-refractivity contribution in [2.45, 2.75) is 18.6 Å². The maximum Gasteiger partial charge on any atom is 0.323 e. The second-order valence-corrected chi connectivity index (χ2v) is 8.80. The van der Waals surface area contributed by atoms with Crippen LogP contribution in [0, 0.1) is 5.82 Å². The van der Waals surface area contributed by atoms with Crippen LogP contribution in [0.3, 0.4) is 0 Å². The van der Waals surface area contributed by atoms with Gasteiger partial charge in [0.25, 0.3) is 5.56 Å². The van der Waals surface area contributed by atoms with E-state index in [2.05, 4.69) is 25.6 Å². The Balaban J connectivity index is 1.33. The molecule has 1 fully saturated rings. The number of imidazole rings is 1. The first-order valence-corrected chi connectivity index (χ1v) is 11.6. The Morgan fingerprint density at radius 2 is 2.03 bits per heavy atom. The minimum absolute atomic E-state index is 0.0942. The predicted molar refractivity (Wildman–Crippen MR) is 134 cm³/mol. The summed E-state index contributed by atoms with van der Waals surface area (Å²) in [6.45, 7) is 0.161. The van der Waals surface area contributed by atoms with E-state index in [4.69, 9.17) is 16.3 Å². The highest BCUT2D eigenvalue weighted by Gasteiger charge is 2.40. The van der Waals surface area contributed by atoms with E-state index in [-0.39, 0.29) is 41.8 Å². The fourth-order valence-electron chi connectivity index (χ4n) is 4.18. The standard InChI is InChI=1S/C24H21ClFN7O4/c1-37-15-9-19(33(11-15)24(36)31-20-5-2-13(25)10-27-20)22(34)30-17-4-3-14(8-16(17)26)32-7-6-18-21(23(32)35)29-12-28-18/h2-8,10,12,15,19H,9,11H2,1H3,(H,28,29)(H,30,34)(H,27,31,36)/t15-,19-/m1/s1. The van der Waals surface area contributed by atoms with Crippen molar-refractivity contribution in [3.63, 3.8) is 0 Å². The van der Waals surface area contributed by atoms with Gasteiger partial charge in [-0.3, -0.25) is 19.5 Å². The Morgan fingerprint density at radius 3 is 2.76 bits per heavy atom. The van der Waals surface area contributed by atoms with Gasteiger partial charge < -0.3 is 19.9 Å². The number of urea groups is 1. The molecular weight excluding hydrogens is 505 g/mol. The number of benzene rings is 1. The Hall–Kier alpha value is -4.29. The van der Waals surface area contributed by atoms with Crippen LogP contribution in [0.4, 0.5) is 20.7 Å². The number of nitrogens with zero attached hydrogens (tertiary/aromatic N) is 4. The molecule has 0 aliphatic carbocycles. The number of methoxy groups -OCH3 is 1. The summed E-state index contributed by atoms with van der Waals surface area (Å²) in [5, 5.41) is 5.58. The number of H-pyrrole nitrogens is 1. The quantitative estimate of drug-likeness (QED) is 0.366. The third-order valence-corrected chi connectivity index (χ3v) is 6.31. The number of hydrogen-bond donors (Lipinski definition) is 3. The maximum absolute atomic E-state index is 15.0. The van der Waals surface area contributed by atoms with Gasteiger partial charge in [0.05, 0.1) is 34.3 Å². The lowest BCUT2D eigenvalue weighted by molar-refractivity contribution is -0.119. The molecule has 2 atom stereocenters. The molecule has 190 valence electrons. The van der Waals surface area contributed by atoms with Gasteiger partial charge in [0.1, 0.15) is 17.7 Å². The van der Waals surface area contributed by atoms with E-state index >= 15 is 0 Å². The largest absolute Gasteiger partial charge is 0.380 e. The second-order valence-electron chi connectivity index (χ2n) is 8.36. The van der Waals surface area contributed by atoms with Crippen molar-refractivity contribution in [2.24, 2.45) is 0 Å². The highest BCUT2D eigenvalue weighted by molar-refractivity contribution is 6.30. The van der Waals surface area contributed by atoms with Crippen LogP contribution >= 0.6 is 11.6 Å². The second kappa shape index (κ2) is 9.99. The average Bonchev–Trinajstić information content (AvgIpc) is 3.55. The van der Waals surface area contributed by atoms with Gasteiger partial charge in [-0.25, -0.2) is 19.2 Å². The van der Waals surface area contributed by atoms with E-state index in [1.807, 2.05) is 0 Å². The van der Waals surface area contributed by atoms with E-state index in [1.165, 1.54) is 53.5 Å². The van der Waals surface area contributed by atoms with Crippen LogP contribution in [0.1, 0.15) is 6.42 Å². The Bertz CT molecular complexity index is 1540. The molecule has 0 unspecified atom stereocenters. The number of fused-ring (bicyclic) bond motifs is 1. The number of carbonyl (C=O) groups excluding carboxylic acids is 2. The fraction of sp³-hybridized carbons (Fsp3) is 0.208. The van der Waals surface area contributed by atoms with Crippen LogP contribution in [-0.2, 0) is 9.53 Å². The number of aromatic nitrogens is 4. The molecule has 4 aromatic rings. The Kier molecular flexibility index (Phi) is 6.59. The summed E-state index contributed by atoms with van der Waals surface area (Å²) in [5.41, 5.74) is 0.548. The molecule has 5 rings (SSSR count). The summed E-state index contributed by atoms with van der Waals surface area (Å²) in [6, 6.07) is 7.28. The molecule has 37 heavy (non-hydrogen) atoms. The number of pyridine rings is 2. The summed E-state index contributed by atoms with van der Waals surface area (Å²) in [6.07, 6.45) is 4.14. The monoisotopic (exact) mass is 525 g/mol. The van der Waals surface area contributed by atoms with E-state index in [9.17, 15) is 18.8 Å². The molecule has 0 saturated carbocycles. The van der Waals surface area contributed by atoms with Gasteiger partial charge in [0.15, 0.2) is 5.52 Å². The molecule has 13 heteroatoms. The summed E-state index contributed by atoms with van der Waals surface area (Å²) in [5.74, 6) is -1.07. The number of aromatic amines is 1. The van der Waals surface area contributed by atoms with E-state index < -0.39 is 29.4 Å². The molecule has 3 aromatic heterocycles. The maximum atomic E-state index is 15.0. The number of carbonyl (C=O) groups is 2. The molecule has 3 amide bonds. The van der Waals surface area contributed by atoms with Gasteiger partial charge in [-0.1, -0.05) is 11.6 Å². The predicted octanol–water partition coefficient (Wildman–Crippen LogP) is 3.16. The number of halogens is 2. The highest BCUT2D eigenvalue weighted by atomic mass is 35.5. The van der Waals surface area contributed by atoms with Gasteiger partial charge in [0, 0.05) is 38.5 Å². The summed E-state index contributed by atoms with van der Waals surface area (Å²) >= 11 is 5.83. The zero-order valence-corrected chi connectivity index (χ0v) is 20.2. The third-order valence-electron chi connectivity index (χ3n) is 6.09. The van der Waals surface area contributed by atoms with Crippen molar-refractivity contribution in [1.82, 2.24) is 24.4 Å². The van der Waals surface area contributed by atoms with E-state index in [1.54, 1.807) is 12.1 Å². The van der Waals surface area contributed by atoms with E-state index in [0.29, 0.717) is 10.5 Å². The molecule has 1 aliphatic heterocycles. The smallest absolute Gasteiger partial charge is 0.323 e. The van der Waals surface area contributed by atoms with Gasteiger partial charge in [-0.2, -0.15) is 0 Å². The lowest BCUT2D eigenvalue weighted by atomic mass is 10.1. The molecule has 0 spiro atoms. The highest BCUT2D eigenvalue weighted by Crippen LogP contribution is 2.25. The first-order valence-electron chi connectivity index (χ1n) is 11.2. The zero-order chi connectivity index (χ0) is 26.1. The van der Waals surface area contributed by atoms with Crippen LogP contribution < -0.4 is 16.2 Å². The lowest BCUT2D eigenvalue weighted by Crippen LogP contribution is -2.45. The van der Waals surface area contributed by atoms with Crippen molar-refractivity contribution < 1.29 is 18.7 Å². The number of ether oxygens (including phenoxy) is 1. The van der Waals surface area contributed by atoms with Crippen molar-refractivity contribution in [3.8, 4) is 5.69 Å². The molecule has 11 nitrogen and oxygen atoms in total. The van der Waals surface area contributed by atoms with Crippen molar-refractivity contribution in [2.75, 3.05) is 24.3 Å². The van der Waals surface area contributed by atoms with Crippen LogP contribution in [0.15, 0.2) is 59.9 Å². The minimum atomic E-state index is -0.916. The molecule has 4 heterocycles. The van der Waals surface area contributed by atoms with Crippen LogP contribution in [0.2, 0.25) is 5.02 Å². The molecular formula is C24H21ClFN7O4. The van der Waals surface area contributed by atoms with Gasteiger partial charge in [-0.05, 0) is 30.3 Å². The topological polar surface area (TPSA) is 134 Å². The van der Waals surface area contributed by atoms with Crippen molar-refractivity contribution in [1.29, 1.82) is 0 Å². The Labute approximate surface area is 214 Å². The summed E-state index contributed by atoms with van der Waals surface area (Å²) in [4.78, 5) is 50.9. The first-order chi connectivity index (χ1) is 17.8. The molecule has 3 N–H and O–H groups in total. The first kappa shape index (κ1) is 24.4. The molecule has 1 aromatic carbocycles. The van der Waals surface area contributed by atoms with Gasteiger partial charge in [0.2, 0.25) is 5.91 Å². The van der Waals surface area contributed by atoms with Gasteiger partial charge >= 0.3 is 6.03 Å². The van der Waals surface area contributed by atoms with Crippen LogP contribution in [-0.4, -0.2) is 62.2 Å². The normalized spacial score (nSPS) is 17.2.